The molecule has 2 aliphatic heterocycles. The first kappa shape index (κ1) is 12.8. The van der Waals surface area contributed by atoms with E-state index in [4.69, 9.17) is 10.5 Å². The summed E-state index contributed by atoms with van der Waals surface area (Å²) in [7, 11) is 0. The first-order valence-corrected chi connectivity index (χ1v) is 6.23. The maximum atomic E-state index is 11.8. The highest BCUT2D eigenvalue weighted by Crippen LogP contribution is 2.24. The highest BCUT2D eigenvalue weighted by Gasteiger charge is 2.43. The molecule has 17 heavy (non-hydrogen) atoms. The van der Waals surface area contributed by atoms with E-state index in [9.17, 15) is 4.79 Å². The Morgan fingerprint density at radius 2 is 2.29 bits per heavy atom. The summed E-state index contributed by atoms with van der Waals surface area (Å²) in [6, 6.07) is 0.624. The fraction of sp³-hybridized carbons (Fsp3) is 0.917. The van der Waals surface area contributed by atoms with Gasteiger partial charge in [0.2, 0.25) is 0 Å². The number of fused-ring (bicyclic) bond motifs is 1. The zero-order valence-corrected chi connectivity index (χ0v) is 11.0. The summed E-state index contributed by atoms with van der Waals surface area (Å²) in [5.41, 5.74) is 5.36. The van der Waals surface area contributed by atoms with Crippen LogP contribution in [0, 0.1) is 0 Å². The van der Waals surface area contributed by atoms with Gasteiger partial charge in [-0.1, -0.05) is 0 Å². The first-order chi connectivity index (χ1) is 7.77. The lowest BCUT2D eigenvalue weighted by Gasteiger charge is -2.29. The van der Waals surface area contributed by atoms with Crippen LogP contribution in [0.25, 0.3) is 0 Å². The van der Waals surface area contributed by atoms with Gasteiger partial charge in [0, 0.05) is 32.2 Å². The molecular formula is C12H23N3O2. The van der Waals surface area contributed by atoms with Crippen LogP contribution in [0.15, 0.2) is 0 Å². The number of rotatable bonds is 2. The molecular weight excluding hydrogens is 218 g/mol. The van der Waals surface area contributed by atoms with E-state index in [0.717, 1.165) is 19.6 Å². The maximum Gasteiger partial charge on any atom is 0.308 e. The van der Waals surface area contributed by atoms with E-state index < -0.39 is 11.1 Å². The molecule has 0 radical (unpaired) electrons. The van der Waals surface area contributed by atoms with E-state index in [0.29, 0.717) is 12.6 Å². The highest BCUT2D eigenvalue weighted by atomic mass is 16.6. The van der Waals surface area contributed by atoms with Crippen molar-refractivity contribution in [2.45, 2.75) is 44.4 Å². The number of ether oxygens (including phenoxy) is 1. The molecule has 2 fully saturated rings. The topological polar surface area (TPSA) is 67.4 Å². The lowest BCUT2D eigenvalue weighted by Crippen LogP contribution is -2.54. The highest BCUT2D eigenvalue weighted by molar-refractivity contribution is 5.71. The van der Waals surface area contributed by atoms with E-state index in [1.165, 1.54) is 0 Å². The Kier molecular flexibility index (Phi) is 3.18. The molecule has 0 bridgehead atoms. The lowest BCUT2D eigenvalue weighted by atomic mass is 9.96. The summed E-state index contributed by atoms with van der Waals surface area (Å²) in [5.74, 6) is -0.206. The Hall–Kier alpha value is -0.650. The van der Waals surface area contributed by atoms with Crippen molar-refractivity contribution >= 4 is 5.97 Å². The Morgan fingerprint density at radius 3 is 2.94 bits per heavy atom. The molecule has 3 N–H and O–H groups in total. The van der Waals surface area contributed by atoms with E-state index >= 15 is 0 Å². The summed E-state index contributed by atoms with van der Waals surface area (Å²) < 4.78 is 5.33. The summed E-state index contributed by atoms with van der Waals surface area (Å²) >= 11 is 0. The maximum absolute atomic E-state index is 11.8. The number of carbonyl (C=O) groups is 1. The normalized spacial score (nSPS) is 36.9. The van der Waals surface area contributed by atoms with Crippen molar-refractivity contribution in [3.63, 3.8) is 0 Å². The van der Waals surface area contributed by atoms with Gasteiger partial charge in [-0.05, 0) is 20.8 Å². The Morgan fingerprint density at radius 1 is 1.59 bits per heavy atom. The molecule has 0 spiro atoms. The number of nitrogens with zero attached hydrogens (tertiary/aromatic N) is 1. The summed E-state index contributed by atoms with van der Waals surface area (Å²) in [6.07, 6.45) is 0.278. The van der Waals surface area contributed by atoms with Crippen molar-refractivity contribution in [2.24, 2.45) is 5.73 Å². The van der Waals surface area contributed by atoms with Crippen molar-refractivity contribution in [2.75, 3.05) is 26.2 Å². The van der Waals surface area contributed by atoms with Crippen LogP contribution in [-0.4, -0.2) is 54.2 Å². The van der Waals surface area contributed by atoms with E-state index in [1.54, 1.807) is 0 Å². The molecule has 0 aromatic carbocycles. The predicted octanol–water partition coefficient (Wildman–Crippen LogP) is -0.297. The predicted molar refractivity (Wildman–Crippen MR) is 65.6 cm³/mol. The molecule has 0 saturated carbocycles. The number of esters is 1. The van der Waals surface area contributed by atoms with E-state index in [2.05, 4.69) is 10.2 Å². The van der Waals surface area contributed by atoms with Crippen LogP contribution in [0.3, 0.4) is 0 Å². The van der Waals surface area contributed by atoms with Crippen molar-refractivity contribution in [1.82, 2.24) is 10.2 Å². The number of carbonyl (C=O) groups excluding carboxylic acids is 1. The van der Waals surface area contributed by atoms with Crippen LogP contribution < -0.4 is 11.1 Å². The average molecular weight is 241 g/mol. The van der Waals surface area contributed by atoms with Crippen molar-refractivity contribution in [3.05, 3.63) is 0 Å². The molecule has 2 aliphatic rings. The summed E-state index contributed by atoms with van der Waals surface area (Å²) in [5, 5.41) is 3.32. The molecule has 0 aromatic heterocycles. The molecule has 5 nitrogen and oxygen atoms in total. The zero-order chi connectivity index (χ0) is 12.7. The van der Waals surface area contributed by atoms with Gasteiger partial charge < -0.3 is 15.8 Å². The van der Waals surface area contributed by atoms with Gasteiger partial charge in [-0.15, -0.1) is 0 Å². The Labute approximate surface area is 103 Å². The minimum Gasteiger partial charge on any atom is -0.460 e. The second-order valence-corrected chi connectivity index (χ2v) is 6.34. The third kappa shape index (κ3) is 3.66. The summed E-state index contributed by atoms with van der Waals surface area (Å²) in [4.78, 5) is 14.1. The third-order valence-electron chi connectivity index (χ3n) is 3.12. The zero-order valence-electron chi connectivity index (χ0n) is 11.0. The second kappa shape index (κ2) is 4.23. The average Bonchev–Trinajstić information content (AvgIpc) is 2.77. The van der Waals surface area contributed by atoms with Gasteiger partial charge in [0.25, 0.3) is 0 Å². The van der Waals surface area contributed by atoms with Gasteiger partial charge in [0.15, 0.2) is 0 Å². The monoisotopic (exact) mass is 241 g/mol. The fourth-order valence-corrected chi connectivity index (χ4v) is 2.34. The largest absolute Gasteiger partial charge is 0.460 e. The molecule has 2 heterocycles. The van der Waals surface area contributed by atoms with E-state index in [-0.39, 0.29) is 12.4 Å². The molecule has 0 amide bonds. The molecule has 0 aliphatic carbocycles. The Balaban J connectivity index is 1.89. The van der Waals surface area contributed by atoms with Gasteiger partial charge >= 0.3 is 5.97 Å². The van der Waals surface area contributed by atoms with Gasteiger partial charge in [0.1, 0.15) is 5.60 Å². The first-order valence-electron chi connectivity index (χ1n) is 6.23. The number of hydrogen-bond acceptors (Lipinski definition) is 5. The smallest absolute Gasteiger partial charge is 0.308 e. The molecule has 3 unspecified atom stereocenters. The molecule has 0 aromatic rings. The van der Waals surface area contributed by atoms with Crippen molar-refractivity contribution in [1.29, 1.82) is 0 Å². The van der Waals surface area contributed by atoms with Gasteiger partial charge in [0.05, 0.1) is 12.0 Å². The third-order valence-corrected chi connectivity index (χ3v) is 3.12. The molecule has 2 saturated heterocycles. The van der Waals surface area contributed by atoms with Crippen LogP contribution in [-0.2, 0) is 9.53 Å². The molecule has 5 heteroatoms. The number of nitrogens with two attached hydrogens (primary N) is 1. The van der Waals surface area contributed by atoms with Crippen LogP contribution in [0.1, 0.15) is 27.2 Å². The van der Waals surface area contributed by atoms with Crippen LogP contribution in [0.4, 0.5) is 0 Å². The SMILES string of the molecule is CC(C)(C)OC(=O)CC1(N)CNCC2CN2C1. The molecule has 3 atom stereocenters. The van der Waals surface area contributed by atoms with Crippen molar-refractivity contribution in [3.8, 4) is 0 Å². The minimum absolute atomic E-state index is 0.206. The van der Waals surface area contributed by atoms with Crippen LogP contribution in [0.2, 0.25) is 0 Å². The van der Waals surface area contributed by atoms with Crippen molar-refractivity contribution < 1.29 is 9.53 Å². The second-order valence-electron chi connectivity index (χ2n) is 6.34. The lowest BCUT2D eigenvalue weighted by molar-refractivity contribution is -0.156. The fourth-order valence-electron chi connectivity index (χ4n) is 2.34. The van der Waals surface area contributed by atoms with Gasteiger partial charge in [-0.2, -0.15) is 0 Å². The van der Waals surface area contributed by atoms with Crippen LogP contribution in [0.5, 0.6) is 0 Å². The number of nitrogens with one attached hydrogen (secondary N) is 1. The standard InChI is InChI=1S/C12H23N3O2/c1-11(2,3)17-10(16)4-12(13)7-14-5-9-6-15(9)8-12/h9,14H,4-8,13H2,1-3H3. The number of hydrogen-bond donors (Lipinski definition) is 2. The van der Waals surface area contributed by atoms with Gasteiger partial charge in [-0.3, -0.25) is 9.69 Å². The van der Waals surface area contributed by atoms with Crippen LogP contribution >= 0.6 is 0 Å². The Bertz CT molecular complexity index is 313. The minimum atomic E-state index is -0.492. The quantitative estimate of drug-likeness (QED) is 0.513. The van der Waals surface area contributed by atoms with E-state index in [1.807, 2.05) is 20.8 Å². The summed E-state index contributed by atoms with van der Waals surface area (Å²) in [6.45, 7) is 9.16. The molecule has 98 valence electrons. The van der Waals surface area contributed by atoms with Gasteiger partial charge in [-0.25, -0.2) is 0 Å². The molecule has 2 rings (SSSR count).